The van der Waals surface area contributed by atoms with E-state index in [0.29, 0.717) is 40.0 Å². The Morgan fingerprint density at radius 2 is 1.68 bits per heavy atom. The fourth-order valence-electron chi connectivity index (χ4n) is 4.06. The molecule has 0 radical (unpaired) electrons. The van der Waals surface area contributed by atoms with Crippen LogP contribution in [0.15, 0.2) is 54.2 Å². The zero-order valence-corrected chi connectivity index (χ0v) is 23.9. The first-order valence-electron chi connectivity index (χ1n) is 12.5. The molecule has 0 aliphatic rings. The molecule has 0 fully saturated rings. The number of methoxy groups -OCH3 is 2. The maximum absolute atomic E-state index is 12.9. The number of nitrogens with zero attached hydrogens (tertiary/aromatic N) is 3. The normalized spacial score (nSPS) is 11.3. The van der Waals surface area contributed by atoms with Crippen LogP contribution in [0.3, 0.4) is 0 Å². The van der Waals surface area contributed by atoms with Gasteiger partial charge in [-0.25, -0.2) is 14.8 Å². The SMILES string of the molecule is COc1cc2nccc(Oc3ccc(NC(=O)Nc4nc(C(C)(C)C)[nH]c4-c4scnc4C)cc3)c2cc1OC. The summed E-state index contributed by atoms with van der Waals surface area (Å²) < 4.78 is 17.0. The standard InChI is InChI=1S/C29H30N6O4S/c1-16-25(40-15-31-16)24-26(34-27(33-24)29(2,3)4)35-28(36)32-17-7-9-18(10-8-17)39-21-11-12-30-20-14-23(38-6)22(37-5)13-19(20)21/h7-15H,1-6H3,(H,33,34)(H2,32,35,36). The summed E-state index contributed by atoms with van der Waals surface area (Å²) in [5, 5.41) is 6.53. The number of aromatic nitrogens is 4. The molecule has 0 atom stereocenters. The molecule has 0 unspecified atom stereocenters. The van der Waals surface area contributed by atoms with Gasteiger partial charge in [0.05, 0.1) is 35.8 Å². The van der Waals surface area contributed by atoms with E-state index < -0.39 is 6.03 Å². The summed E-state index contributed by atoms with van der Waals surface area (Å²) in [6.45, 7) is 8.11. The van der Waals surface area contributed by atoms with Crippen LogP contribution in [0.5, 0.6) is 23.0 Å². The molecule has 10 nitrogen and oxygen atoms in total. The van der Waals surface area contributed by atoms with E-state index in [4.69, 9.17) is 14.2 Å². The molecule has 40 heavy (non-hydrogen) atoms. The van der Waals surface area contributed by atoms with Gasteiger partial charge in [0.25, 0.3) is 0 Å². The molecule has 0 aliphatic heterocycles. The van der Waals surface area contributed by atoms with Crippen molar-refractivity contribution in [1.29, 1.82) is 0 Å². The van der Waals surface area contributed by atoms with Crippen molar-refractivity contribution in [3.63, 3.8) is 0 Å². The fraction of sp³-hybridized carbons (Fsp3) is 0.241. The first-order chi connectivity index (χ1) is 19.2. The zero-order chi connectivity index (χ0) is 28.4. The van der Waals surface area contributed by atoms with Crippen molar-refractivity contribution in [1.82, 2.24) is 19.9 Å². The number of H-pyrrole nitrogens is 1. The molecule has 2 aromatic carbocycles. The number of hydrogen-bond acceptors (Lipinski definition) is 8. The molecule has 0 spiro atoms. The number of carbonyl (C=O) groups excluding carboxylic acids is 1. The van der Waals surface area contributed by atoms with E-state index in [2.05, 4.69) is 51.3 Å². The number of pyridine rings is 1. The van der Waals surface area contributed by atoms with Gasteiger partial charge in [-0.15, -0.1) is 11.3 Å². The summed E-state index contributed by atoms with van der Waals surface area (Å²) in [4.78, 5) is 30.7. The average Bonchev–Trinajstić information content (AvgIpc) is 3.54. The highest BCUT2D eigenvalue weighted by Crippen LogP contribution is 2.37. The van der Waals surface area contributed by atoms with E-state index in [1.807, 2.05) is 13.0 Å². The second kappa shape index (κ2) is 10.9. The molecule has 0 saturated carbocycles. The molecule has 0 bridgehead atoms. The van der Waals surface area contributed by atoms with E-state index in [0.717, 1.165) is 27.5 Å². The van der Waals surface area contributed by atoms with E-state index >= 15 is 0 Å². The van der Waals surface area contributed by atoms with Crippen LogP contribution >= 0.6 is 11.3 Å². The minimum absolute atomic E-state index is 0.225. The van der Waals surface area contributed by atoms with Crippen molar-refractivity contribution < 1.29 is 19.0 Å². The Kier molecular flexibility index (Phi) is 7.31. The van der Waals surface area contributed by atoms with Gasteiger partial charge in [-0.05, 0) is 43.3 Å². The topological polar surface area (TPSA) is 123 Å². The number of fused-ring (bicyclic) bond motifs is 1. The lowest BCUT2D eigenvalue weighted by Crippen LogP contribution is -2.20. The third kappa shape index (κ3) is 5.55. The number of rotatable bonds is 7. The third-order valence-corrected chi connectivity index (χ3v) is 7.11. The lowest BCUT2D eigenvalue weighted by Gasteiger charge is -2.14. The summed E-state index contributed by atoms with van der Waals surface area (Å²) >= 11 is 1.49. The Labute approximate surface area is 235 Å². The number of hydrogen-bond donors (Lipinski definition) is 3. The summed E-state index contributed by atoms with van der Waals surface area (Å²) in [5.41, 5.74) is 4.47. The minimum atomic E-state index is -0.412. The molecule has 0 saturated heterocycles. The quantitative estimate of drug-likeness (QED) is 0.194. The third-order valence-electron chi connectivity index (χ3n) is 6.17. The van der Waals surface area contributed by atoms with Gasteiger partial charge in [-0.1, -0.05) is 20.8 Å². The summed E-state index contributed by atoms with van der Waals surface area (Å²) in [7, 11) is 3.16. The number of aromatic amines is 1. The number of nitrogens with one attached hydrogen (secondary N) is 3. The van der Waals surface area contributed by atoms with Gasteiger partial charge < -0.3 is 24.5 Å². The van der Waals surface area contributed by atoms with E-state index in [1.165, 1.54) is 11.3 Å². The van der Waals surface area contributed by atoms with Crippen LogP contribution in [-0.4, -0.2) is 40.2 Å². The van der Waals surface area contributed by atoms with Crippen molar-refractivity contribution in [2.75, 3.05) is 24.9 Å². The number of ether oxygens (including phenoxy) is 3. The minimum Gasteiger partial charge on any atom is -0.493 e. The molecule has 3 aromatic heterocycles. The van der Waals surface area contributed by atoms with Crippen LogP contribution in [0.4, 0.5) is 16.3 Å². The van der Waals surface area contributed by atoms with Crippen LogP contribution in [0, 0.1) is 6.92 Å². The second-order valence-electron chi connectivity index (χ2n) is 10.1. The predicted octanol–water partition coefficient (Wildman–Crippen LogP) is 7.14. The largest absolute Gasteiger partial charge is 0.493 e. The first-order valence-corrected chi connectivity index (χ1v) is 13.4. The summed E-state index contributed by atoms with van der Waals surface area (Å²) in [6.07, 6.45) is 1.67. The molecular weight excluding hydrogens is 528 g/mol. The van der Waals surface area contributed by atoms with Crippen LogP contribution in [0.2, 0.25) is 0 Å². The Hall–Kier alpha value is -4.64. The number of urea groups is 1. The Balaban J connectivity index is 1.31. The molecule has 2 amide bonds. The highest BCUT2D eigenvalue weighted by Gasteiger charge is 2.24. The van der Waals surface area contributed by atoms with Gasteiger partial charge in [0.15, 0.2) is 17.3 Å². The van der Waals surface area contributed by atoms with Crippen LogP contribution in [0.25, 0.3) is 21.5 Å². The average molecular weight is 559 g/mol. The number of imidazole rings is 1. The highest BCUT2D eigenvalue weighted by atomic mass is 32.1. The lowest BCUT2D eigenvalue weighted by molar-refractivity contribution is 0.262. The molecule has 5 aromatic rings. The van der Waals surface area contributed by atoms with E-state index in [-0.39, 0.29) is 5.41 Å². The number of thiazole rings is 1. The van der Waals surface area contributed by atoms with Gasteiger partial charge in [-0.3, -0.25) is 10.3 Å². The van der Waals surface area contributed by atoms with E-state index in [9.17, 15) is 4.79 Å². The smallest absolute Gasteiger partial charge is 0.324 e. The predicted molar refractivity (Wildman–Crippen MR) is 157 cm³/mol. The maximum Gasteiger partial charge on any atom is 0.324 e. The number of aryl methyl sites for hydroxylation is 1. The van der Waals surface area contributed by atoms with Crippen LogP contribution in [0.1, 0.15) is 32.3 Å². The van der Waals surface area contributed by atoms with Crippen molar-refractivity contribution in [2.45, 2.75) is 33.1 Å². The maximum atomic E-state index is 12.9. The number of benzene rings is 2. The number of carbonyl (C=O) groups is 1. The van der Waals surface area contributed by atoms with Crippen LogP contribution < -0.4 is 24.8 Å². The summed E-state index contributed by atoms with van der Waals surface area (Å²) in [5.74, 6) is 3.60. The Morgan fingerprint density at radius 3 is 2.33 bits per heavy atom. The molecule has 5 rings (SSSR count). The lowest BCUT2D eigenvalue weighted by atomic mass is 9.96. The fourth-order valence-corrected chi connectivity index (χ4v) is 4.87. The van der Waals surface area contributed by atoms with Gasteiger partial charge in [0.1, 0.15) is 23.0 Å². The molecular formula is C29H30N6O4S. The van der Waals surface area contributed by atoms with E-state index in [1.54, 1.807) is 62.3 Å². The second-order valence-corrected chi connectivity index (χ2v) is 10.9. The molecule has 3 N–H and O–H groups in total. The van der Waals surface area contributed by atoms with Crippen molar-refractivity contribution in [2.24, 2.45) is 0 Å². The first kappa shape index (κ1) is 26.9. The highest BCUT2D eigenvalue weighted by molar-refractivity contribution is 7.13. The summed E-state index contributed by atoms with van der Waals surface area (Å²) in [6, 6.07) is 12.1. The number of anilines is 2. The number of amides is 2. The molecule has 0 aliphatic carbocycles. The Bertz CT molecular complexity index is 1670. The molecule has 11 heteroatoms. The monoisotopic (exact) mass is 558 g/mol. The Morgan fingerprint density at radius 1 is 0.950 bits per heavy atom. The molecule has 206 valence electrons. The molecule has 3 heterocycles. The van der Waals surface area contributed by atoms with Crippen LogP contribution in [-0.2, 0) is 5.41 Å². The van der Waals surface area contributed by atoms with Gasteiger partial charge in [0, 0.05) is 28.8 Å². The van der Waals surface area contributed by atoms with Crippen molar-refractivity contribution >= 4 is 39.8 Å². The van der Waals surface area contributed by atoms with Gasteiger partial charge in [-0.2, -0.15) is 0 Å². The van der Waals surface area contributed by atoms with Crippen molar-refractivity contribution in [3.05, 3.63) is 65.7 Å². The zero-order valence-electron chi connectivity index (χ0n) is 23.1. The van der Waals surface area contributed by atoms with Gasteiger partial charge in [0.2, 0.25) is 0 Å². The van der Waals surface area contributed by atoms with Gasteiger partial charge >= 0.3 is 6.03 Å². The van der Waals surface area contributed by atoms with Crippen molar-refractivity contribution in [3.8, 4) is 33.6 Å².